The van der Waals surface area contributed by atoms with E-state index in [9.17, 15) is 9.59 Å². The second-order valence-corrected chi connectivity index (χ2v) is 7.84. The predicted molar refractivity (Wildman–Crippen MR) is 128 cm³/mol. The fraction of sp³-hybridized carbons (Fsp3) is 0.200. The molecule has 2 aromatic carbocycles. The van der Waals surface area contributed by atoms with Gasteiger partial charge in [-0.2, -0.15) is 5.26 Å². The molecule has 168 valence electrons. The van der Waals surface area contributed by atoms with Crippen LogP contribution in [0.1, 0.15) is 40.9 Å². The van der Waals surface area contributed by atoms with E-state index in [1.165, 1.54) is 13.3 Å². The van der Waals surface area contributed by atoms with Gasteiger partial charge in [0.25, 0.3) is 0 Å². The standard InChI is InChI=1S/C25H23ClN4O3/c1-15-4-9-19(25(32)33-3)20(14-15)18-7-5-17(6-8-18)16(2)29-24-23(21(26)11-13-28-24)30-22(31)10-12-27/h4-9,11,13-14,16H,10H2,1-3H3,(H,28,29)(H,30,31). The molecule has 0 spiro atoms. The quantitative estimate of drug-likeness (QED) is 0.448. The van der Waals surface area contributed by atoms with Gasteiger partial charge in [0.2, 0.25) is 5.91 Å². The Morgan fingerprint density at radius 1 is 1.18 bits per heavy atom. The zero-order valence-corrected chi connectivity index (χ0v) is 19.2. The molecule has 0 bridgehead atoms. The van der Waals surface area contributed by atoms with Crippen molar-refractivity contribution in [1.82, 2.24) is 4.98 Å². The van der Waals surface area contributed by atoms with E-state index in [-0.39, 0.29) is 18.4 Å². The van der Waals surface area contributed by atoms with Gasteiger partial charge in [-0.05, 0) is 42.7 Å². The number of nitrogens with zero attached hydrogens (tertiary/aromatic N) is 2. The summed E-state index contributed by atoms with van der Waals surface area (Å²) in [5.41, 5.74) is 4.51. The summed E-state index contributed by atoms with van der Waals surface area (Å²) in [4.78, 5) is 28.4. The Hall–Kier alpha value is -3.89. The molecule has 33 heavy (non-hydrogen) atoms. The molecule has 0 fully saturated rings. The van der Waals surface area contributed by atoms with Crippen LogP contribution in [0.5, 0.6) is 0 Å². The first-order valence-electron chi connectivity index (χ1n) is 10.2. The van der Waals surface area contributed by atoms with Crippen LogP contribution in [-0.2, 0) is 9.53 Å². The van der Waals surface area contributed by atoms with E-state index in [1.807, 2.05) is 50.2 Å². The first-order chi connectivity index (χ1) is 15.8. The normalized spacial score (nSPS) is 11.2. The van der Waals surface area contributed by atoms with Crippen molar-refractivity contribution in [1.29, 1.82) is 5.26 Å². The van der Waals surface area contributed by atoms with E-state index in [1.54, 1.807) is 18.2 Å². The average Bonchev–Trinajstić information content (AvgIpc) is 2.81. The second kappa shape index (κ2) is 10.6. The lowest BCUT2D eigenvalue weighted by Gasteiger charge is -2.19. The topological polar surface area (TPSA) is 104 Å². The van der Waals surface area contributed by atoms with Crippen molar-refractivity contribution in [2.45, 2.75) is 26.3 Å². The molecular formula is C25H23ClN4O3. The Morgan fingerprint density at radius 3 is 2.58 bits per heavy atom. The number of pyridine rings is 1. The number of nitrogens with one attached hydrogen (secondary N) is 2. The van der Waals surface area contributed by atoms with Gasteiger partial charge in [0.15, 0.2) is 5.82 Å². The van der Waals surface area contributed by atoms with Gasteiger partial charge in [-0.25, -0.2) is 9.78 Å². The Labute approximate surface area is 197 Å². The van der Waals surface area contributed by atoms with Crippen LogP contribution < -0.4 is 10.6 Å². The van der Waals surface area contributed by atoms with Crippen LogP contribution in [0.2, 0.25) is 5.02 Å². The number of aryl methyl sites for hydroxylation is 1. The summed E-state index contributed by atoms with van der Waals surface area (Å²) < 4.78 is 4.92. The first-order valence-corrected chi connectivity index (χ1v) is 10.6. The molecule has 1 unspecified atom stereocenters. The van der Waals surface area contributed by atoms with Crippen molar-refractivity contribution in [2.24, 2.45) is 0 Å². The fourth-order valence-electron chi connectivity index (χ4n) is 3.35. The van der Waals surface area contributed by atoms with Crippen LogP contribution in [0, 0.1) is 18.3 Å². The highest BCUT2D eigenvalue weighted by Gasteiger charge is 2.16. The largest absolute Gasteiger partial charge is 0.465 e. The first kappa shape index (κ1) is 23.8. The third kappa shape index (κ3) is 5.68. The molecule has 0 aliphatic heterocycles. The fourth-order valence-corrected chi connectivity index (χ4v) is 3.54. The van der Waals surface area contributed by atoms with Crippen LogP contribution >= 0.6 is 11.6 Å². The number of nitriles is 1. The lowest BCUT2D eigenvalue weighted by atomic mass is 9.96. The van der Waals surface area contributed by atoms with E-state index in [4.69, 9.17) is 21.6 Å². The zero-order valence-electron chi connectivity index (χ0n) is 18.5. The van der Waals surface area contributed by atoms with Gasteiger partial charge in [-0.1, -0.05) is 53.6 Å². The molecule has 1 atom stereocenters. The summed E-state index contributed by atoms with van der Waals surface area (Å²) in [6, 6.07) is 16.6. The maximum absolute atomic E-state index is 12.2. The van der Waals surface area contributed by atoms with Crippen molar-refractivity contribution < 1.29 is 14.3 Å². The molecule has 1 amide bonds. The van der Waals surface area contributed by atoms with E-state index in [2.05, 4.69) is 15.6 Å². The molecule has 0 saturated carbocycles. The Morgan fingerprint density at radius 2 is 1.91 bits per heavy atom. The van der Waals surface area contributed by atoms with Gasteiger partial charge in [0.05, 0.1) is 29.8 Å². The number of esters is 1. The van der Waals surface area contributed by atoms with Crippen molar-refractivity contribution >= 4 is 35.0 Å². The number of hydrogen-bond acceptors (Lipinski definition) is 6. The summed E-state index contributed by atoms with van der Waals surface area (Å²) in [5, 5.41) is 14.9. The minimum Gasteiger partial charge on any atom is -0.465 e. The van der Waals surface area contributed by atoms with E-state index in [0.29, 0.717) is 22.1 Å². The van der Waals surface area contributed by atoms with Gasteiger partial charge < -0.3 is 15.4 Å². The van der Waals surface area contributed by atoms with Crippen molar-refractivity contribution in [2.75, 3.05) is 17.7 Å². The summed E-state index contributed by atoms with van der Waals surface area (Å²) >= 11 is 6.24. The van der Waals surface area contributed by atoms with Crippen LogP contribution in [0.4, 0.5) is 11.5 Å². The van der Waals surface area contributed by atoms with Crippen molar-refractivity contribution in [3.05, 3.63) is 76.4 Å². The van der Waals surface area contributed by atoms with Gasteiger partial charge in [-0.3, -0.25) is 4.79 Å². The number of rotatable bonds is 7. The minimum atomic E-state index is -0.466. The number of amides is 1. The lowest BCUT2D eigenvalue weighted by molar-refractivity contribution is -0.115. The van der Waals surface area contributed by atoms with Crippen molar-refractivity contribution in [3.63, 3.8) is 0 Å². The van der Waals surface area contributed by atoms with E-state index in [0.717, 1.165) is 22.3 Å². The summed E-state index contributed by atoms with van der Waals surface area (Å²) in [7, 11) is 1.36. The maximum atomic E-state index is 12.2. The highest BCUT2D eigenvalue weighted by molar-refractivity contribution is 6.34. The van der Waals surface area contributed by atoms with Crippen LogP contribution in [0.3, 0.4) is 0 Å². The van der Waals surface area contributed by atoms with Crippen LogP contribution in [0.15, 0.2) is 54.7 Å². The summed E-state index contributed by atoms with van der Waals surface area (Å²) in [6.07, 6.45) is 1.25. The van der Waals surface area contributed by atoms with E-state index < -0.39 is 5.91 Å². The Bertz CT molecular complexity index is 1220. The van der Waals surface area contributed by atoms with E-state index >= 15 is 0 Å². The third-order valence-corrected chi connectivity index (χ3v) is 5.37. The van der Waals surface area contributed by atoms with Gasteiger partial charge in [0.1, 0.15) is 12.1 Å². The Balaban J connectivity index is 1.85. The molecule has 1 aromatic heterocycles. The molecule has 0 aliphatic rings. The minimum absolute atomic E-state index is 0.172. The monoisotopic (exact) mass is 462 g/mol. The number of halogens is 1. The number of aromatic nitrogens is 1. The van der Waals surface area contributed by atoms with Crippen LogP contribution in [-0.4, -0.2) is 24.0 Å². The Kier molecular flexibility index (Phi) is 7.65. The number of benzene rings is 2. The highest BCUT2D eigenvalue weighted by atomic mass is 35.5. The SMILES string of the molecule is COC(=O)c1ccc(C)cc1-c1ccc(C(C)Nc2nccc(Cl)c2NC(=O)CC#N)cc1. The van der Waals surface area contributed by atoms with Gasteiger partial charge in [-0.15, -0.1) is 0 Å². The molecule has 0 saturated heterocycles. The number of methoxy groups -OCH3 is 1. The number of carbonyl (C=O) groups excluding carboxylic acids is 2. The number of carbonyl (C=O) groups is 2. The van der Waals surface area contributed by atoms with Crippen molar-refractivity contribution in [3.8, 4) is 17.2 Å². The highest BCUT2D eigenvalue weighted by Crippen LogP contribution is 2.32. The number of hydrogen-bond donors (Lipinski definition) is 2. The third-order valence-electron chi connectivity index (χ3n) is 5.06. The van der Waals surface area contributed by atoms with Gasteiger partial charge in [0, 0.05) is 6.20 Å². The second-order valence-electron chi connectivity index (χ2n) is 7.43. The molecular weight excluding hydrogens is 440 g/mol. The smallest absolute Gasteiger partial charge is 0.338 e. The van der Waals surface area contributed by atoms with Gasteiger partial charge >= 0.3 is 5.97 Å². The molecule has 3 rings (SSSR count). The maximum Gasteiger partial charge on any atom is 0.338 e. The van der Waals surface area contributed by atoms with Crippen LogP contribution in [0.25, 0.3) is 11.1 Å². The number of ether oxygens (including phenoxy) is 1. The molecule has 7 nitrogen and oxygen atoms in total. The number of anilines is 2. The molecule has 8 heteroatoms. The summed E-state index contributed by atoms with van der Waals surface area (Å²) in [6.45, 7) is 3.92. The molecule has 3 aromatic rings. The molecule has 1 heterocycles. The zero-order chi connectivity index (χ0) is 24.0. The summed E-state index contributed by atoms with van der Waals surface area (Å²) in [5.74, 6) is -0.453. The molecule has 0 radical (unpaired) electrons. The lowest BCUT2D eigenvalue weighted by Crippen LogP contribution is -2.15. The average molecular weight is 463 g/mol. The molecule has 2 N–H and O–H groups in total. The molecule has 0 aliphatic carbocycles. The predicted octanol–water partition coefficient (Wildman–Crippen LogP) is 5.52.